The van der Waals surface area contributed by atoms with Crippen molar-refractivity contribution < 1.29 is 19.5 Å². The smallest absolute Gasteiger partial charge is 0.335 e. The Hall–Kier alpha value is -2.93. The predicted molar refractivity (Wildman–Crippen MR) is 91.3 cm³/mol. The van der Waals surface area contributed by atoms with Gasteiger partial charge in [-0.2, -0.15) is 0 Å². The van der Waals surface area contributed by atoms with E-state index in [0.717, 1.165) is 4.90 Å². The number of phenolic OH excluding ortho intramolecular Hbond substituents is 1. The summed E-state index contributed by atoms with van der Waals surface area (Å²) in [6.07, 6.45) is 1.33. The summed E-state index contributed by atoms with van der Waals surface area (Å²) in [4.78, 5) is 37.6. The maximum atomic E-state index is 12.6. The van der Waals surface area contributed by atoms with Crippen molar-refractivity contribution >= 4 is 45.5 Å². The molecule has 2 aromatic carbocycles. The highest BCUT2D eigenvalue weighted by Crippen LogP contribution is 2.25. The molecule has 2 aromatic rings. The second kappa shape index (κ2) is 6.29. The van der Waals surface area contributed by atoms with Gasteiger partial charge in [0.15, 0.2) is 0 Å². The fourth-order valence-electron chi connectivity index (χ4n) is 2.29. The highest BCUT2D eigenvalue weighted by atomic mass is 79.9. The number of anilines is 1. The summed E-state index contributed by atoms with van der Waals surface area (Å²) in [6, 6.07) is 11.9. The highest BCUT2D eigenvalue weighted by Gasteiger charge is 2.36. The van der Waals surface area contributed by atoms with Crippen LogP contribution in [-0.2, 0) is 9.59 Å². The molecule has 6 nitrogen and oxygen atoms in total. The number of hydrogen-bond acceptors (Lipinski definition) is 4. The molecule has 0 spiro atoms. The lowest BCUT2D eigenvalue weighted by atomic mass is 10.1. The molecule has 1 aliphatic heterocycles. The first-order chi connectivity index (χ1) is 11.5. The standard InChI is InChI=1S/C17H11BrN2O4/c18-11-4-2-5-12(9-11)20-16(23)14(15(22)19-17(20)24)8-10-3-1-6-13(21)7-10/h1-9,21H,(H,19,22,24). The van der Waals surface area contributed by atoms with Crippen molar-refractivity contribution in [2.75, 3.05) is 4.90 Å². The first kappa shape index (κ1) is 15.9. The van der Waals surface area contributed by atoms with Gasteiger partial charge in [-0.05, 0) is 42.0 Å². The second-order valence-corrected chi connectivity index (χ2v) is 5.95. The van der Waals surface area contributed by atoms with Crippen LogP contribution >= 0.6 is 15.9 Å². The van der Waals surface area contributed by atoms with Gasteiger partial charge >= 0.3 is 6.03 Å². The largest absolute Gasteiger partial charge is 0.508 e. The van der Waals surface area contributed by atoms with Crippen LogP contribution in [0.2, 0.25) is 0 Å². The summed E-state index contributed by atoms with van der Waals surface area (Å²) in [5.74, 6) is -1.50. The van der Waals surface area contributed by atoms with Gasteiger partial charge in [-0.3, -0.25) is 14.9 Å². The number of halogens is 1. The lowest BCUT2D eigenvalue weighted by molar-refractivity contribution is -0.122. The van der Waals surface area contributed by atoms with Crippen LogP contribution in [0.5, 0.6) is 5.75 Å². The molecule has 0 atom stereocenters. The molecule has 0 bridgehead atoms. The molecular formula is C17H11BrN2O4. The SMILES string of the molecule is O=C1NC(=O)N(c2cccc(Br)c2)C(=O)C1=Cc1cccc(O)c1. The van der Waals surface area contributed by atoms with E-state index in [1.54, 1.807) is 36.4 Å². The van der Waals surface area contributed by atoms with Crippen molar-refractivity contribution in [2.45, 2.75) is 0 Å². The van der Waals surface area contributed by atoms with Crippen LogP contribution in [-0.4, -0.2) is 23.0 Å². The Balaban J connectivity index is 2.03. The average molecular weight is 387 g/mol. The molecule has 2 N–H and O–H groups in total. The molecule has 0 saturated carbocycles. The van der Waals surface area contributed by atoms with Crippen LogP contribution in [0.15, 0.2) is 58.6 Å². The number of benzene rings is 2. The first-order valence-electron chi connectivity index (χ1n) is 6.92. The minimum Gasteiger partial charge on any atom is -0.508 e. The maximum Gasteiger partial charge on any atom is 0.335 e. The minimum absolute atomic E-state index is 0.00735. The number of nitrogens with one attached hydrogen (secondary N) is 1. The van der Waals surface area contributed by atoms with E-state index in [2.05, 4.69) is 21.2 Å². The van der Waals surface area contributed by atoms with E-state index in [4.69, 9.17) is 0 Å². The molecule has 3 rings (SSSR count). The Bertz CT molecular complexity index is 892. The van der Waals surface area contributed by atoms with Crippen molar-refractivity contribution in [3.05, 3.63) is 64.1 Å². The quantitative estimate of drug-likeness (QED) is 0.613. The van der Waals surface area contributed by atoms with Gasteiger partial charge in [-0.15, -0.1) is 0 Å². The molecule has 1 aliphatic rings. The minimum atomic E-state index is -0.809. The Kier molecular flexibility index (Phi) is 4.18. The number of urea groups is 1. The third kappa shape index (κ3) is 3.07. The van der Waals surface area contributed by atoms with E-state index in [1.807, 2.05) is 0 Å². The zero-order valence-electron chi connectivity index (χ0n) is 12.2. The number of amides is 4. The number of phenols is 1. The van der Waals surface area contributed by atoms with Gasteiger partial charge < -0.3 is 5.11 Å². The number of hydrogen-bond donors (Lipinski definition) is 2. The molecule has 120 valence electrons. The number of imide groups is 2. The Morgan fingerprint density at radius 3 is 2.50 bits per heavy atom. The average Bonchev–Trinajstić information content (AvgIpc) is 2.51. The Morgan fingerprint density at radius 2 is 1.79 bits per heavy atom. The van der Waals surface area contributed by atoms with Crippen molar-refractivity contribution in [3.63, 3.8) is 0 Å². The number of barbiturate groups is 1. The third-order valence-electron chi connectivity index (χ3n) is 3.35. The van der Waals surface area contributed by atoms with Crippen LogP contribution in [0.1, 0.15) is 5.56 Å². The Morgan fingerprint density at radius 1 is 1.04 bits per heavy atom. The Labute approximate surface area is 145 Å². The summed E-state index contributed by atoms with van der Waals surface area (Å²) >= 11 is 3.28. The molecule has 1 fully saturated rings. The zero-order chi connectivity index (χ0) is 17.3. The molecule has 7 heteroatoms. The number of carbonyl (C=O) groups excluding carboxylic acids is 3. The summed E-state index contributed by atoms with van der Waals surface area (Å²) in [6.45, 7) is 0. The van der Waals surface area contributed by atoms with Gasteiger partial charge in [0.1, 0.15) is 11.3 Å². The van der Waals surface area contributed by atoms with Crippen molar-refractivity contribution in [3.8, 4) is 5.75 Å². The number of aromatic hydroxyl groups is 1. The van der Waals surface area contributed by atoms with E-state index in [-0.39, 0.29) is 11.3 Å². The van der Waals surface area contributed by atoms with Gasteiger partial charge in [0.25, 0.3) is 11.8 Å². The second-order valence-electron chi connectivity index (χ2n) is 5.03. The van der Waals surface area contributed by atoms with Gasteiger partial charge in [0.05, 0.1) is 5.69 Å². The van der Waals surface area contributed by atoms with Crippen LogP contribution in [0.3, 0.4) is 0 Å². The van der Waals surface area contributed by atoms with Gasteiger partial charge in [0.2, 0.25) is 0 Å². The topological polar surface area (TPSA) is 86.7 Å². The predicted octanol–water partition coefficient (Wildman–Crippen LogP) is 2.82. The fraction of sp³-hybridized carbons (Fsp3) is 0. The molecule has 1 saturated heterocycles. The van der Waals surface area contributed by atoms with Gasteiger partial charge in [0, 0.05) is 4.47 Å². The van der Waals surface area contributed by atoms with Crippen LogP contribution in [0.25, 0.3) is 6.08 Å². The van der Waals surface area contributed by atoms with E-state index < -0.39 is 17.8 Å². The van der Waals surface area contributed by atoms with E-state index in [0.29, 0.717) is 15.7 Å². The summed E-state index contributed by atoms with van der Waals surface area (Å²) in [5, 5.41) is 11.6. The lowest BCUT2D eigenvalue weighted by Gasteiger charge is -2.26. The monoisotopic (exact) mass is 386 g/mol. The fourth-order valence-corrected chi connectivity index (χ4v) is 2.68. The van der Waals surface area contributed by atoms with E-state index in [9.17, 15) is 19.5 Å². The van der Waals surface area contributed by atoms with Crippen LogP contribution in [0, 0.1) is 0 Å². The third-order valence-corrected chi connectivity index (χ3v) is 3.84. The summed E-state index contributed by atoms with van der Waals surface area (Å²) in [5.41, 5.74) is 0.610. The van der Waals surface area contributed by atoms with Crippen molar-refractivity contribution in [2.24, 2.45) is 0 Å². The molecule has 1 heterocycles. The first-order valence-corrected chi connectivity index (χ1v) is 7.71. The number of nitrogens with zero attached hydrogens (tertiary/aromatic N) is 1. The van der Waals surface area contributed by atoms with E-state index in [1.165, 1.54) is 18.2 Å². The highest BCUT2D eigenvalue weighted by molar-refractivity contribution is 9.10. The molecule has 0 radical (unpaired) electrons. The van der Waals surface area contributed by atoms with Gasteiger partial charge in [-0.25, -0.2) is 9.69 Å². The van der Waals surface area contributed by atoms with Crippen molar-refractivity contribution in [1.82, 2.24) is 5.32 Å². The molecule has 4 amide bonds. The van der Waals surface area contributed by atoms with Crippen molar-refractivity contribution in [1.29, 1.82) is 0 Å². The summed E-state index contributed by atoms with van der Waals surface area (Å²) in [7, 11) is 0. The number of rotatable bonds is 2. The number of carbonyl (C=O) groups is 3. The van der Waals surface area contributed by atoms with Crippen LogP contribution in [0.4, 0.5) is 10.5 Å². The van der Waals surface area contributed by atoms with Gasteiger partial charge in [-0.1, -0.05) is 34.1 Å². The molecule has 0 aromatic heterocycles. The normalized spacial score (nSPS) is 16.5. The molecule has 24 heavy (non-hydrogen) atoms. The van der Waals surface area contributed by atoms with Crippen LogP contribution < -0.4 is 10.2 Å². The maximum absolute atomic E-state index is 12.6. The lowest BCUT2D eigenvalue weighted by Crippen LogP contribution is -2.54. The summed E-state index contributed by atoms with van der Waals surface area (Å²) < 4.78 is 0.691. The molecular weight excluding hydrogens is 376 g/mol. The molecule has 0 unspecified atom stereocenters. The molecule has 0 aliphatic carbocycles. The van der Waals surface area contributed by atoms with E-state index >= 15 is 0 Å². The zero-order valence-corrected chi connectivity index (χ0v) is 13.8.